The third-order valence-corrected chi connectivity index (χ3v) is 11.1. The molecule has 1 aliphatic heterocycles. The molecule has 1 saturated heterocycles. The number of nitrogens with zero attached hydrogens (tertiary/aromatic N) is 6. The van der Waals surface area contributed by atoms with Crippen LogP contribution in [0.4, 0.5) is 4.79 Å². The summed E-state index contributed by atoms with van der Waals surface area (Å²) in [6, 6.07) is 0. The first-order valence-corrected chi connectivity index (χ1v) is 21.2. The van der Waals surface area contributed by atoms with Gasteiger partial charge >= 0.3 is 6.09 Å². The first-order chi connectivity index (χ1) is 28.9. The van der Waals surface area contributed by atoms with Crippen molar-refractivity contribution in [1.82, 2.24) is 45.5 Å². The lowest BCUT2D eigenvalue weighted by Crippen LogP contribution is -2.46. The first kappa shape index (κ1) is 48.7. The largest absolute Gasteiger partial charge is 0.465 e. The molecule has 0 aromatic carbocycles. The number of thiazole rings is 2. The standard InChI is InChI=1S/C23H35N5O7S.C16H20N4O4S/c1-23(2,3)28(22(32)33)9-11-35-13-12-34-10-7-25-20(31)21-26-17-18(30)15(24-6-8-27(4)5)14-16(29)19(17)36-21;1-19(2)4-3-17-10-9-11(21)14-12(13(10)22)18-15(25-14)16(23)20-5-7-24-8-6-20/h14,24H,6-13H2,1-5H3,(H,25,31)(H,32,33);9,17H,3-8H2,1-2H3. The minimum absolute atomic E-state index is 0.00803. The molecule has 0 spiro atoms. The highest BCUT2D eigenvalue weighted by Gasteiger charge is 2.34. The topological polar surface area (TPSA) is 242 Å². The second kappa shape index (κ2) is 22.8. The Hall–Kier alpha value is -4.97. The lowest BCUT2D eigenvalue weighted by Gasteiger charge is -2.32. The number of hydrogen-bond acceptors (Lipinski definition) is 18. The van der Waals surface area contributed by atoms with Crippen molar-refractivity contribution in [3.8, 4) is 0 Å². The average molecular weight is 890 g/mol. The molecule has 334 valence electrons. The number of amides is 3. The fraction of sp³-hybridized carbons (Fsp3) is 0.564. The van der Waals surface area contributed by atoms with Crippen LogP contribution in [0.1, 0.15) is 80.7 Å². The van der Waals surface area contributed by atoms with Gasteiger partial charge in [-0.3, -0.25) is 28.8 Å². The van der Waals surface area contributed by atoms with Crippen molar-refractivity contribution in [2.75, 3.05) is 120 Å². The summed E-state index contributed by atoms with van der Waals surface area (Å²) >= 11 is 1.87. The second-order valence-corrected chi connectivity index (χ2v) is 17.3. The van der Waals surface area contributed by atoms with Crippen molar-refractivity contribution >= 4 is 63.7 Å². The summed E-state index contributed by atoms with van der Waals surface area (Å²) in [5.41, 5.74) is -0.0397. The van der Waals surface area contributed by atoms with Gasteiger partial charge in [0, 0.05) is 70.0 Å². The van der Waals surface area contributed by atoms with Crippen LogP contribution in [-0.4, -0.2) is 201 Å². The fourth-order valence-corrected chi connectivity index (χ4v) is 7.58. The van der Waals surface area contributed by atoms with E-state index in [0.717, 1.165) is 29.2 Å². The van der Waals surface area contributed by atoms with Crippen LogP contribution in [0.3, 0.4) is 0 Å². The fourth-order valence-electron chi connectivity index (χ4n) is 5.75. The van der Waals surface area contributed by atoms with Crippen LogP contribution in [-0.2, 0) is 14.2 Å². The Bertz CT molecular complexity index is 2000. The molecule has 2 aromatic rings. The molecule has 0 unspecified atom stereocenters. The number of ketones is 4. The van der Waals surface area contributed by atoms with Gasteiger partial charge in [0.15, 0.2) is 21.6 Å². The molecule has 5 rings (SSSR count). The Morgan fingerprint density at radius 3 is 1.74 bits per heavy atom. The van der Waals surface area contributed by atoms with E-state index in [1.807, 2.05) is 58.8 Å². The minimum Gasteiger partial charge on any atom is -0.465 e. The first-order valence-electron chi connectivity index (χ1n) is 19.6. The molecule has 0 atom stereocenters. The predicted molar refractivity (Wildman–Crippen MR) is 226 cm³/mol. The normalized spacial score (nSPS) is 15.1. The molecule has 0 saturated carbocycles. The summed E-state index contributed by atoms with van der Waals surface area (Å²) in [4.78, 5) is 102. The van der Waals surface area contributed by atoms with Gasteiger partial charge in [-0.15, -0.1) is 22.7 Å². The zero-order chi connectivity index (χ0) is 44.9. The third-order valence-electron chi connectivity index (χ3n) is 9.00. The van der Waals surface area contributed by atoms with Gasteiger partial charge in [-0.25, -0.2) is 14.8 Å². The quantitative estimate of drug-likeness (QED) is 0.145. The van der Waals surface area contributed by atoms with Gasteiger partial charge in [0.2, 0.25) is 11.6 Å². The number of rotatable bonds is 19. The van der Waals surface area contributed by atoms with Crippen molar-refractivity contribution in [3.05, 3.63) is 54.7 Å². The Kier molecular flexibility index (Phi) is 18.2. The summed E-state index contributed by atoms with van der Waals surface area (Å²) in [5, 5.41) is 18.0. The number of carbonyl (C=O) groups excluding carboxylic acids is 6. The maximum atomic E-state index is 12.7. The zero-order valence-electron chi connectivity index (χ0n) is 35.6. The number of ether oxygens (including phenoxy) is 3. The van der Waals surface area contributed by atoms with Gasteiger partial charge in [-0.2, -0.15) is 0 Å². The van der Waals surface area contributed by atoms with Crippen molar-refractivity contribution < 1.29 is 52.9 Å². The molecule has 22 heteroatoms. The van der Waals surface area contributed by atoms with Crippen LogP contribution in [0.5, 0.6) is 0 Å². The van der Waals surface area contributed by atoms with Gasteiger partial charge in [0.05, 0.1) is 51.0 Å². The number of allylic oxidation sites excluding steroid dienone is 4. The smallest absolute Gasteiger partial charge is 0.407 e. The SMILES string of the molecule is CN(C)CCNC1=CC(=O)c2sc(C(=O)N3CCOCC3)nc2C1=O.CN(C)CCNC1=CC(=O)c2sc(C(=O)NCCOCCOCCN(C(=O)O)C(C)(C)C)nc2C1=O. The third kappa shape index (κ3) is 14.0. The molecule has 4 N–H and O–H groups in total. The molecule has 3 heterocycles. The van der Waals surface area contributed by atoms with Gasteiger partial charge in [-0.05, 0) is 49.0 Å². The molecular weight excluding hydrogens is 835 g/mol. The number of aromatic nitrogens is 2. The van der Waals surface area contributed by atoms with E-state index in [-0.39, 0.29) is 105 Å². The second-order valence-electron chi connectivity index (χ2n) is 15.3. The van der Waals surface area contributed by atoms with Crippen LogP contribution < -0.4 is 16.0 Å². The van der Waals surface area contributed by atoms with E-state index in [2.05, 4.69) is 25.9 Å². The van der Waals surface area contributed by atoms with E-state index in [0.29, 0.717) is 45.9 Å². The molecule has 0 radical (unpaired) electrons. The minimum atomic E-state index is -0.999. The highest BCUT2D eigenvalue weighted by molar-refractivity contribution is 7.16. The lowest BCUT2D eigenvalue weighted by atomic mass is 10.0. The maximum absolute atomic E-state index is 12.7. The number of carboxylic acid groups (broad SMARTS) is 1. The van der Waals surface area contributed by atoms with Crippen LogP contribution in [0.25, 0.3) is 0 Å². The van der Waals surface area contributed by atoms with E-state index < -0.39 is 23.3 Å². The maximum Gasteiger partial charge on any atom is 0.407 e. The summed E-state index contributed by atoms with van der Waals surface area (Å²) in [7, 11) is 7.65. The van der Waals surface area contributed by atoms with Gasteiger partial charge in [0.25, 0.3) is 11.8 Å². The molecular formula is C39H55N9O11S2. The monoisotopic (exact) mass is 889 g/mol. The number of nitrogens with one attached hydrogen (secondary N) is 3. The van der Waals surface area contributed by atoms with Gasteiger partial charge in [0.1, 0.15) is 21.1 Å². The molecule has 3 aliphatic rings. The van der Waals surface area contributed by atoms with E-state index >= 15 is 0 Å². The van der Waals surface area contributed by atoms with E-state index in [4.69, 9.17) is 14.2 Å². The predicted octanol–water partition coefficient (Wildman–Crippen LogP) is 1.13. The molecule has 1 fully saturated rings. The lowest BCUT2D eigenvalue weighted by molar-refractivity contribution is 0.0280. The Labute approximate surface area is 362 Å². The number of hydrogen-bond donors (Lipinski definition) is 4. The van der Waals surface area contributed by atoms with E-state index in [1.54, 1.807) is 4.90 Å². The van der Waals surface area contributed by atoms with Crippen molar-refractivity contribution in [2.45, 2.75) is 26.3 Å². The highest BCUT2D eigenvalue weighted by Crippen LogP contribution is 2.28. The highest BCUT2D eigenvalue weighted by atomic mass is 32.1. The number of fused-ring (bicyclic) bond motifs is 2. The molecule has 61 heavy (non-hydrogen) atoms. The summed E-state index contributed by atoms with van der Waals surface area (Å²) in [5.74, 6) is -2.15. The Balaban J connectivity index is 0.000000285. The van der Waals surface area contributed by atoms with Gasteiger partial charge < -0.3 is 54.9 Å². The number of morpholine rings is 1. The van der Waals surface area contributed by atoms with Crippen LogP contribution >= 0.6 is 22.7 Å². The van der Waals surface area contributed by atoms with Crippen molar-refractivity contribution in [1.29, 1.82) is 0 Å². The molecule has 3 amide bonds. The van der Waals surface area contributed by atoms with Crippen molar-refractivity contribution in [3.63, 3.8) is 0 Å². The van der Waals surface area contributed by atoms with Crippen molar-refractivity contribution in [2.24, 2.45) is 0 Å². The summed E-state index contributed by atoms with van der Waals surface area (Å²) in [6.45, 7) is 11.3. The Morgan fingerprint density at radius 1 is 0.754 bits per heavy atom. The zero-order valence-corrected chi connectivity index (χ0v) is 37.2. The van der Waals surface area contributed by atoms with Gasteiger partial charge in [-0.1, -0.05) is 0 Å². The van der Waals surface area contributed by atoms with E-state index in [9.17, 15) is 38.7 Å². The number of Topliss-reactive ketones (excluding diaryl/α,β-unsaturated/α-hetero) is 2. The molecule has 2 aliphatic carbocycles. The van der Waals surface area contributed by atoms with Crippen LogP contribution in [0, 0.1) is 0 Å². The van der Waals surface area contributed by atoms with Crippen LogP contribution in [0.15, 0.2) is 23.5 Å². The molecule has 2 aromatic heterocycles. The number of carbonyl (C=O) groups is 7. The molecule has 20 nitrogen and oxygen atoms in total. The molecule has 0 bridgehead atoms. The number of likely N-dealkylation sites (N-methyl/N-ethyl adjacent to an activating group) is 2. The Morgan fingerprint density at radius 2 is 1.25 bits per heavy atom. The summed E-state index contributed by atoms with van der Waals surface area (Å²) in [6.07, 6.45) is 1.54. The van der Waals surface area contributed by atoms with Crippen LogP contribution in [0.2, 0.25) is 0 Å². The van der Waals surface area contributed by atoms with E-state index in [1.165, 1.54) is 17.1 Å². The average Bonchev–Trinajstić information content (AvgIpc) is 3.86. The summed E-state index contributed by atoms with van der Waals surface area (Å²) < 4.78 is 16.1.